The molecule has 0 unspecified atom stereocenters. The van der Waals surface area contributed by atoms with Gasteiger partial charge in [0.2, 0.25) is 5.91 Å². The molecule has 1 N–H and O–H groups in total. The van der Waals surface area contributed by atoms with Crippen LogP contribution < -0.4 is 15.1 Å². The van der Waals surface area contributed by atoms with E-state index >= 15 is 0 Å². The smallest absolute Gasteiger partial charge is 0.414 e. The van der Waals surface area contributed by atoms with Crippen molar-refractivity contribution in [1.29, 1.82) is 0 Å². The molecular formula is C17H23N3O5. The highest BCUT2D eigenvalue weighted by atomic mass is 16.6. The monoisotopic (exact) mass is 349 g/mol. The van der Waals surface area contributed by atoms with Gasteiger partial charge in [-0.2, -0.15) is 0 Å². The molecule has 25 heavy (non-hydrogen) atoms. The molecule has 8 nitrogen and oxygen atoms in total. The summed E-state index contributed by atoms with van der Waals surface area (Å²) < 4.78 is 9.88. The summed E-state index contributed by atoms with van der Waals surface area (Å²) in [4.78, 5) is 39.0. The van der Waals surface area contributed by atoms with Gasteiger partial charge in [-0.3, -0.25) is 15.0 Å². The van der Waals surface area contributed by atoms with Crippen LogP contribution in [-0.4, -0.2) is 43.9 Å². The van der Waals surface area contributed by atoms with Gasteiger partial charge < -0.3 is 14.4 Å². The summed E-state index contributed by atoms with van der Waals surface area (Å²) in [5, 5.41) is 2.56. The summed E-state index contributed by atoms with van der Waals surface area (Å²) in [5.41, 5.74) is 1.54. The minimum Gasteiger partial charge on any atom is -0.453 e. The minimum absolute atomic E-state index is 0.152. The molecule has 0 saturated heterocycles. The second-order valence-corrected chi connectivity index (χ2v) is 6.10. The molecule has 0 radical (unpaired) electrons. The molecule has 0 bridgehead atoms. The summed E-state index contributed by atoms with van der Waals surface area (Å²) in [6, 6.07) is 4.71. The third-order valence-corrected chi connectivity index (χ3v) is 3.74. The van der Waals surface area contributed by atoms with Crippen LogP contribution in [0, 0.1) is 0 Å². The molecule has 0 spiro atoms. The van der Waals surface area contributed by atoms with Crippen molar-refractivity contribution in [1.82, 2.24) is 0 Å². The number of methoxy groups -OCH3 is 1. The molecule has 0 aromatic heterocycles. The topological polar surface area (TPSA) is 88.2 Å². The number of carbonyl (C=O) groups excluding carboxylic acids is 3. The van der Waals surface area contributed by atoms with E-state index in [9.17, 15) is 14.4 Å². The van der Waals surface area contributed by atoms with Gasteiger partial charge in [-0.15, -0.1) is 0 Å². The third kappa shape index (κ3) is 4.01. The quantitative estimate of drug-likeness (QED) is 0.887. The first-order chi connectivity index (χ1) is 11.7. The first-order valence-electron chi connectivity index (χ1n) is 8.01. The molecule has 1 atom stereocenters. The van der Waals surface area contributed by atoms with Crippen molar-refractivity contribution in [2.45, 2.75) is 39.8 Å². The Labute approximate surface area is 146 Å². The normalized spacial score (nSPS) is 16.3. The molecule has 136 valence electrons. The average molecular weight is 349 g/mol. The van der Waals surface area contributed by atoms with Gasteiger partial charge in [0.15, 0.2) is 0 Å². The first-order valence-corrected chi connectivity index (χ1v) is 8.01. The van der Waals surface area contributed by atoms with E-state index in [4.69, 9.17) is 4.74 Å². The number of amides is 3. The van der Waals surface area contributed by atoms with E-state index in [-0.39, 0.29) is 18.1 Å². The van der Waals surface area contributed by atoms with Crippen molar-refractivity contribution in [3.63, 3.8) is 0 Å². The zero-order valence-electron chi connectivity index (χ0n) is 15.0. The summed E-state index contributed by atoms with van der Waals surface area (Å²) >= 11 is 0. The predicted molar refractivity (Wildman–Crippen MR) is 94.1 cm³/mol. The Morgan fingerprint density at radius 3 is 2.48 bits per heavy atom. The maximum absolute atomic E-state index is 12.4. The summed E-state index contributed by atoms with van der Waals surface area (Å²) in [5.74, 6) is -0.152. The number of carbonyl (C=O) groups is 3. The Morgan fingerprint density at radius 1 is 1.24 bits per heavy atom. The van der Waals surface area contributed by atoms with Gasteiger partial charge in [0.25, 0.3) is 0 Å². The van der Waals surface area contributed by atoms with E-state index in [0.717, 1.165) is 0 Å². The molecular weight excluding hydrogens is 326 g/mol. The van der Waals surface area contributed by atoms with Crippen molar-refractivity contribution in [2.24, 2.45) is 0 Å². The highest BCUT2D eigenvalue weighted by Crippen LogP contribution is 2.38. The van der Waals surface area contributed by atoms with Crippen LogP contribution in [-0.2, 0) is 14.3 Å². The number of benzene rings is 1. The van der Waals surface area contributed by atoms with Gasteiger partial charge in [0.05, 0.1) is 30.6 Å². The standard InChI is InChI=1S/C17H23N3O5/c1-10(2)25-17(23)19-9-11(3)20(12(4)21)15-8-13(6-7-14(15)19)18-16(22)24-5/h6-8,10-11H,9H2,1-5H3,(H,18,22)/t11-/m0/s1. The second kappa shape index (κ2) is 7.42. The number of ether oxygens (including phenoxy) is 2. The first kappa shape index (κ1) is 18.6. The molecule has 1 aromatic rings. The molecule has 0 fully saturated rings. The molecule has 1 aliphatic rings. The Balaban J connectivity index is 2.46. The number of rotatable bonds is 2. The lowest BCUT2D eigenvalue weighted by molar-refractivity contribution is -0.117. The average Bonchev–Trinajstić information content (AvgIpc) is 2.52. The van der Waals surface area contributed by atoms with Crippen LogP contribution in [0.4, 0.5) is 26.7 Å². The van der Waals surface area contributed by atoms with Gasteiger partial charge >= 0.3 is 12.2 Å². The molecule has 2 rings (SSSR count). The fourth-order valence-electron chi connectivity index (χ4n) is 2.79. The molecule has 8 heteroatoms. The molecule has 3 amide bonds. The van der Waals surface area contributed by atoms with Gasteiger partial charge in [0, 0.05) is 19.2 Å². The van der Waals surface area contributed by atoms with E-state index in [1.54, 1.807) is 36.9 Å². The maximum Gasteiger partial charge on any atom is 0.414 e. The number of nitrogens with zero attached hydrogens (tertiary/aromatic N) is 2. The Bertz CT molecular complexity index is 689. The highest BCUT2D eigenvalue weighted by molar-refractivity contribution is 6.03. The number of anilines is 3. The van der Waals surface area contributed by atoms with Crippen molar-refractivity contribution in [3.8, 4) is 0 Å². The van der Waals surface area contributed by atoms with Crippen LogP contribution in [0.3, 0.4) is 0 Å². The van der Waals surface area contributed by atoms with Crippen molar-refractivity contribution in [3.05, 3.63) is 18.2 Å². The summed E-state index contributed by atoms with van der Waals surface area (Å²) in [7, 11) is 1.27. The molecule has 0 aliphatic carbocycles. The Hall–Kier alpha value is -2.77. The number of hydrogen-bond donors (Lipinski definition) is 1. The maximum atomic E-state index is 12.4. The number of nitrogens with one attached hydrogen (secondary N) is 1. The van der Waals surface area contributed by atoms with Crippen LogP contribution in [0.25, 0.3) is 0 Å². The van der Waals surface area contributed by atoms with Crippen LogP contribution in [0.1, 0.15) is 27.7 Å². The lowest BCUT2D eigenvalue weighted by Gasteiger charge is -2.40. The van der Waals surface area contributed by atoms with E-state index in [2.05, 4.69) is 10.1 Å². The largest absolute Gasteiger partial charge is 0.453 e. The van der Waals surface area contributed by atoms with Crippen LogP contribution >= 0.6 is 0 Å². The molecule has 1 heterocycles. The zero-order valence-corrected chi connectivity index (χ0v) is 15.0. The van der Waals surface area contributed by atoms with Crippen molar-refractivity contribution in [2.75, 3.05) is 28.8 Å². The Kier molecular flexibility index (Phi) is 5.51. The number of hydrogen-bond acceptors (Lipinski definition) is 5. The summed E-state index contributed by atoms with van der Waals surface area (Å²) in [6.45, 7) is 7.18. The lowest BCUT2D eigenvalue weighted by atomic mass is 10.1. The molecule has 0 saturated carbocycles. The molecule has 1 aromatic carbocycles. The zero-order chi connectivity index (χ0) is 18.7. The highest BCUT2D eigenvalue weighted by Gasteiger charge is 2.34. The SMILES string of the molecule is COC(=O)Nc1ccc2c(c1)N(C(C)=O)[C@@H](C)CN2C(=O)OC(C)C. The van der Waals surface area contributed by atoms with E-state index < -0.39 is 12.2 Å². The van der Waals surface area contributed by atoms with Crippen LogP contribution in [0.15, 0.2) is 18.2 Å². The van der Waals surface area contributed by atoms with Crippen LogP contribution in [0.5, 0.6) is 0 Å². The third-order valence-electron chi connectivity index (χ3n) is 3.74. The molecule has 1 aliphatic heterocycles. The van der Waals surface area contributed by atoms with Gasteiger partial charge in [-0.1, -0.05) is 0 Å². The minimum atomic E-state index is -0.616. The fourth-order valence-corrected chi connectivity index (χ4v) is 2.79. The van der Waals surface area contributed by atoms with E-state index in [1.165, 1.54) is 18.9 Å². The van der Waals surface area contributed by atoms with Crippen molar-refractivity contribution >= 4 is 35.2 Å². The number of fused-ring (bicyclic) bond motifs is 1. The Morgan fingerprint density at radius 2 is 1.92 bits per heavy atom. The van der Waals surface area contributed by atoms with Crippen LogP contribution in [0.2, 0.25) is 0 Å². The van der Waals surface area contributed by atoms with Gasteiger partial charge in [0.1, 0.15) is 0 Å². The fraction of sp³-hybridized carbons (Fsp3) is 0.471. The van der Waals surface area contributed by atoms with Gasteiger partial charge in [-0.05, 0) is 39.0 Å². The van der Waals surface area contributed by atoms with E-state index in [1.807, 2.05) is 6.92 Å². The second-order valence-electron chi connectivity index (χ2n) is 6.10. The van der Waals surface area contributed by atoms with Crippen molar-refractivity contribution < 1.29 is 23.9 Å². The lowest BCUT2D eigenvalue weighted by Crippen LogP contribution is -2.51. The van der Waals surface area contributed by atoms with E-state index in [0.29, 0.717) is 23.6 Å². The predicted octanol–water partition coefficient (Wildman–Crippen LogP) is 2.97. The van der Waals surface area contributed by atoms with Gasteiger partial charge in [-0.25, -0.2) is 9.59 Å². The summed E-state index contributed by atoms with van der Waals surface area (Å²) in [6.07, 6.45) is -1.34.